The Hall–Kier alpha value is -3.22. The monoisotopic (exact) mass is 636 g/mol. The molecule has 9 nitrogen and oxygen atoms in total. The van der Waals surface area contributed by atoms with E-state index in [-0.39, 0.29) is 47.0 Å². The van der Waals surface area contributed by atoms with Gasteiger partial charge < -0.3 is 18.9 Å². The van der Waals surface area contributed by atoms with Crippen LogP contribution in [0, 0.1) is 10.8 Å². The summed E-state index contributed by atoms with van der Waals surface area (Å²) in [6.07, 6.45) is 7.61. The van der Waals surface area contributed by atoms with Crippen LogP contribution in [0.4, 0.5) is 4.20 Å². The van der Waals surface area contributed by atoms with Gasteiger partial charge in [0.05, 0.1) is 10.8 Å². The Morgan fingerprint density at radius 3 is 2.21 bits per heavy atom. The number of hydrogen-bond acceptors (Lipinski definition) is 9. The van der Waals surface area contributed by atoms with Crippen LogP contribution < -0.4 is 0 Å². The lowest BCUT2D eigenvalue weighted by Gasteiger charge is -2.32. The molecule has 234 valence electrons. The van der Waals surface area contributed by atoms with Crippen molar-refractivity contribution in [1.29, 1.82) is 0 Å². The van der Waals surface area contributed by atoms with Crippen molar-refractivity contribution in [2.75, 3.05) is 6.61 Å². The fourth-order valence-electron chi connectivity index (χ4n) is 3.90. The number of carbonyl (C=O) groups is 4. The first-order valence-electron chi connectivity index (χ1n) is 13.5. The lowest BCUT2D eigenvalue weighted by atomic mass is 9.81. The van der Waals surface area contributed by atoms with Crippen LogP contribution in [0.25, 0.3) is 0 Å². The molecule has 0 aromatic rings. The van der Waals surface area contributed by atoms with Crippen molar-refractivity contribution < 1.29 is 46.9 Å². The van der Waals surface area contributed by atoms with Gasteiger partial charge in [0, 0.05) is 34.8 Å². The van der Waals surface area contributed by atoms with Crippen molar-refractivity contribution in [3.63, 3.8) is 0 Å². The summed E-state index contributed by atoms with van der Waals surface area (Å²) in [4.78, 5) is 50.7. The molecule has 2 rings (SSSR count). The minimum absolute atomic E-state index is 0.00530. The van der Waals surface area contributed by atoms with Crippen LogP contribution in [0.5, 0.6) is 0 Å². The summed E-state index contributed by atoms with van der Waals surface area (Å²) < 4.78 is 48.3. The van der Waals surface area contributed by atoms with E-state index in [9.17, 15) is 27.9 Å². The van der Waals surface area contributed by atoms with Gasteiger partial charge in [0.1, 0.15) is 23.9 Å². The van der Waals surface area contributed by atoms with Crippen LogP contribution in [-0.2, 0) is 42.7 Å². The molecule has 43 heavy (non-hydrogen) atoms. The Morgan fingerprint density at radius 2 is 1.65 bits per heavy atom. The van der Waals surface area contributed by atoms with Crippen molar-refractivity contribution in [2.24, 2.45) is 10.8 Å². The Balaban J connectivity index is 2.79. The molecule has 2 aliphatic heterocycles. The van der Waals surface area contributed by atoms with E-state index >= 15 is 0 Å². The molecular weight excluding hydrogens is 597 g/mol. The summed E-state index contributed by atoms with van der Waals surface area (Å²) in [7, 11) is -3.87. The fraction of sp³-hybridized carbons (Fsp3) is 0.484. The van der Waals surface area contributed by atoms with Crippen LogP contribution >= 0.6 is 16.1 Å². The quantitative estimate of drug-likeness (QED) is 0.0903. The molecule has 12 heteroatoms. The summed E-state index contributed by atoms with van der Waals surface area (Å²) >= 11 is 0. The Bertz CT molecular complexity index is 1380. The van der Waals surface area contributed by atoms with E-state index in [1.807, 2.05) is 0 Å². The number of halogens is 1. The Labute approximate surface area is 254 Å². The van der Waals surface area contributed by atoms with Crippen molar-refractivity contribution in [3.05, 3.63) is 70.0 Å². The van der Waals surface area contributed by atoms with Gasteiger partial charge in [-0.1, -0.05) is 6.08 Å². The summed E-state index contributed by atoms with van der Waals surface area (Å²) in [5.74, 6) is -1.04. The zero-order valence-electron chi connectivity index (χ0n) is 26.2. The van der Waals surface area contributed by atoms with Crippen LogP contribution in [0.1, 0.15) is 75.7 Å². The molecule has 0 aliphatic carbocycles. The second kappa shape index (κ2) is 14.0. The Morgan fingerprint density at radius 1 is 1.05 bits per heavy atom. The summed E-state index contributed by atoms with van der Waals surface area (Å²) in [5, 5.41) is 0. The standard InChI is InChI=1S/C31H39FO9P2/c1-18(26(34)43(32)42-37)16-23-20(3)25(33)41-31(23)14-11-12-22(40-28(36)30(8,9)10)13-15-38-24(21(31)4)17-19(2)39-27(35)29(5,6)7/h11-13,16-17H,14-15H2,1-10H3/b12-11-,18-16+,19-17+,22-13+,24-21?. The average Bonchev–Trinajstić information content (AvgIpc) is 3.14. The maximum absolute atomic E-state index is 14.1. The number of hydrogen-bond donors (Lipinski definition) is 0. The smallest absolute Gasteiger partial charge is 0.335 e. The lowest BCUT2D eigenvalue weighted by Crippen LogP contribution is -2.34. The molecular formula is C31H39FO9P2. The molecule has 2 atom stereocenters. The molecule has 2 unspecified atom stereocenters. The van der Waals surface area contributed by atoms with Gasteiger partial charge >= 0.3 is 17.9 Å². The van der Waals surface area contributed by atoms with Crippen LogP contribution in [-0.4, -0.2) is 35.6 Å². The van der Waals surface area contributed by atoms with E-state index in [1.165, 1.54) is 26.0 Å². The largest absolute Gasteiger partial charge is 0.489 e. The number of rotatable bonds is 7. The number of allylic oxidation sites excluding steroid dienone is 4. The second-order valence-electron chi connectivity index (χ2n) is 12.3. The molecule has 0 aromatic carbocycles. The third kappa shape index (κ3) is 8.90. The van der Waals surface area contributed by atoms with Gasteiger partial charge in [-0.3, -0.25) is 18.9 Å². The number of carbonyl (C=O) groups excluding carboxylic acids is 4. The number of ether oxygens (including phenoxy) is 4. The normalized spacial score (nSPS) is 23.3. The van der Waals surface area contributed by atoms with Gasteiger partial charge in [0.15, 0.2) is 5.60 Å². The highest BCUT2D eigenvalue weighted by Gasteiger charge is 2.48. The highest BCUT2D eigenvalue weighted by atomic mass is 32.1. The van der Waals surface area contributed by atoms with Gasteiger partial charge in [-0.15, -0.1) is 0 Å². The van der Waals surface area contributed by atoms with Crippen LogP contribution in [0.3, 0.4) is 0 Å². The third-order valence-corrected chi connectivity index (χ3v) is 8.37. The average molecular weight is 637 g/mol. The SMILES string of the molecule is CC1=C(/C=C(\C)C(=O)P(F)P=O)C2(C/C=C\C(OC(=O)C(C)(C)C)=C/COC(/C=C(\C)OC(=O)C(C)(C)C)=C2C)OC1=O. The summed E-state index contributed by atoms with van der Waals surface area (Å²) in [5.41, 5.74) is -3.25. The lowest BCUT2D eigenvalue weighted by molar-refractivity contribution is -0.149. The van der Waals surface area contributed by atoms with E-state index in [4.69, 9.17) is 18.9 Å². The first kappa shape index (κ1) is 36.0. The van der Waals surface area contributed by atoms with E-state index in [0.717, 1.165) is 0 Å². The molecule has 0 fully saturated rings. The molecule has 0 N–H and O–H groups in total. The van der Waals surface area contributed by atoms with Crippen molar-refractivity contribution in [2.45, 2.75) is 81.3 Å². The first-order valence-corrected chi connectivity index (χ1v) is 16.3. The summed E-state index contributed by atoms with van der Waals surface area (Å²) in [6.45, 7) is 16.3. The van der Waals surface area contributed by atoms with E-state index < -0.39 is 55.9 Å². The second-order valence-corrected chi connectivity index (χ2v) is 14.9. The van der Waals surface area contributed by atoms with Gasteiger partial charge in [0.25, 0.3) is 0 Å². The molecule has 0 aromatic heterocycles. The molecule has 0 radical (unpaired) electrons. The summed E-state index contributed by atoms with van der Waals surface area (Å²) in [6, 6.07) is 0. The predicted octanol–water partition coefficient (Wildman–Crippen LogP) is 7.86. The van der Waals surface area contributed by atoms with E-state index in [0.29, 0.717) is 5.57 Å². The highest BCUT2D eigenvalue weighted by Crippen LogP contribution is 2.53. The minimum Gasteiger partial charge on any atom is -0.489 e. The third-order valence-electron chi connectivity index (χ3n) is 6.56. The first-order chi connectivity index (χ1) is 19.7. The topological polar surface area (TPSA) is 122 Å². The van der Waals surface area contributed by atoms with Crippen molar-refractivity contribution in [1.82, 2.24) is 0 Å². The molecule has 0 saturated carbocycles. The molecule has 1 spiro atoms. The molecule has 0 saturated heterocycles. The van der Waals surface area contributed by atoms with Gasteiger partial charge in [-0.05, 0) is 87.5 Å². The maximum atomic E-state index is 14.1. The van der Waals surface area contributed by atoms with Crippen LogP contribution in [0.15, 0.2) is 70.0 Å². The minimum atomic E-state index is -2.95. The molecule has 0 bridgehead atoms. The van der Waals surface area contributed by atoms with Gasteiger partial charge in [-0.25, -0.2) is 8.99 Å². The highest BCUT2D eigenvalue weighted by molar-refractivity contribution is 8.22. The van der Waals surface area contributed by atoms with Gasteiger partial charge in [-0.2, -0.15) is 0 Å². The van der Waals surface area contributed by atoms with Crippen molar-refractivity contribution >= 4 is 39.5 Å². The number of esters is 3. The molecule has 2 heterocycles. The van der Waals surface area contributed by atoms with Crippen LogP contribution in [0.2, 0.25) is 0 Å². The zero-order valence-corrected chi connectivity index (χ0v) is 28.0. The predicted molar refractivity (Wildman–Crippen MR) is 161 cm³/mol. The Kier molecular flexibility index (Phi) is 11.7. The van der Waals surface area contributed by atoms with E-state index in [1.54, 1.807) is 73.6 Å². The maximum Gasteiger partial charge on any atom is 0.335 e. The molecule has 2 aliphatic rings. The fourth-order valence-corrected chi connectivity index (χ4v) is 5.03. The van der Waals surface area contributed by atoms with E-state index in [2.05, 4.69) is 0 Å². The van der Waals surface area contributed by atoms with Gasteiger partial charge in [0.2, 0.25) is 21.6 Å². The molecule has 0 amide bonds. The van der Waals surface area contributed by atoms with Crippen molar-refractivity contribution in [3.8, 4) is 0 Å². The zero-order chi connectivity index (χ0) is 32.9.